The summed E-state index contributed by atoms with van der Waals surface area (Å²) in [5.41, 5.74) is 6.12. The fraction of sp³-hybridized carbons (Fsp3) is 0.174. The second-order valence-corrected chi connectivity index (χ2v) is 7.14. The van der Waals surface area contributed by atoms with E-state index < -0.39 is 5.69 Å². The number of aryl methyl sites for hydroxylation is 2. The summed E-state index contributed by atoms with van der Waals surface area (Å²) in [5.74, 6) is -0.235. The van der Waals surface area contributed by atoms with Crippen LogP contribution in [0.2, 0.25) is 0 Å². The quantitative estimate of drug-likeness (QED) is 0.552. The molecule has 146 valence electrons. The smallest absolute Gasteiger partial charge is 0.347 e. The Morgan fingerprint density at radius 3 is 2.69 bits per heavy atom. The minimum absolute atomic E-state index is 0.0549. The van der Waals surface area contributed by atoms with E-state index in [0.29, 0.717) is 6.54 Å². The Balaban J connectivity index is 1.61. The molecule has 2 N–H and O–H groups in total. The van der Waals surface area contributed by atoms with Gasteiger partial charge in [0.15, 0.2) is 0 Å². The number of carbonyl (C=O) groups is 1. The molecule has 4 aromatic rings. The van der Waals surface area contributed by atoms with E-state index in [-0.39, 0.29) is 12.5 Å². The third-order valence-electron chi connectivity index (χ3n) is 5.03. The summed E-state index contributed by atoms with van der Waals surface area (Å²) in [6, 6.07) is 16.1. The number of aromatic amines is 1. The molecule has 0 saturated heterocycles. The van der Waals surface area contributed by atoms with Gasteiger partial charge in [0.05, 0.1) is 5.52 Å². The van der Waals surface area contributed by atoms with Gasteiger partial charge in [0, 0.05) is 30.0 Å². The Bertz CT molecular complexity index is 1240. The molecule has 0 bridgehead atoms. The SMILES string of the molecule is Cc1cc(CNC(=O)Cn2cccnc2=O)c2[nH]c(-c3ccccc3)c(C)c2c1. The lowest BCUT2D eigenvalue weighted by Gasteiger charge is -2.09. The van der Waals surface area contributed by atoms with E-state index >= 15 is 0 Å². The standard InChI is InChI=1S/C23H22N4O2/c1-15-11-18(13-25-20(28)14-27-10-6-9-24-23(27)29)22-19(12-15)16(2)21(26-22)17-7-4-3-5-8-17/h3-12,26H,13-14H2,1-2H3,(H,25,28). The first kappa shape index (κ1) is 18.7. The third kappa shape index (κ3) is 3.82. The predicted molar refractivity (Wildman–Crippen MR) is 114 cm³/mol. The van der Waals surface area contributed by atoms with Gasteiger partial charge in [0.25, 0.3) is 0 Å². The van der Waals surface area contributed by atoms with E-state index in [1.165, 1.54) is 16.3 Å². The largest absolute Gasteiger partial charge is 0.354 e. The molecule has 0 saturated carbocycles. The van der Waals surface area contributed by atoms with E-state index in [2.05, 4.69) is 53.4 Å². The van der Waals surface area contributed by atoms with E-state index in [9.17, 15) is 9.59 Å². The monoisotopic (exact) mass is 386 g/mol. The maximum absolute atomic E-state index is 12.3. The van der Waals surface area contributed by atoms with Gasteiger partial charge in [-0.15, -0.1) is 0 Å². The Labute approximate surface area is 168 Å². The van der Waals surface area contributed by atoms with Crippen molar-refractivity contribution in [2.24, 2.45) is 0 Å². The van der Waals surface area contributed by atoms with E-state index in [1.807, 2.05) is 18.2 Å². The molecule has 1 amide bonds. The van der Waals surface area contributed by atoms with Gasteiger partial charge in [-0.1, -0.05) is 42.0 Å². The maximum atomic E-state index is 12.3. The van der Waals surface area contributed by atoms with Gasteiger partial charge < -0.3 is 10.3 Å². The van der Waals surface area contributed by atoms with Crippen LogP contribution in [0.4, 0.5) is 0 Å². The number of hydrogen-bond donors (Lipinski definition) is 2. The Kier molecular flexibility index (Phi) is 4.99. The van der Waals surface area contributed by atoms with Crippen LogP contribution in [0.5, 0.6) is 0 Å². The van der Waals surface area contributed by atoms with Gasteiger partial charge in [-0.05, 0) is 42.7 Å². The molecule has 2 aromatic heterocycles. The minimum Gasteiger partial charge on any atom is -0.354 e. The average molecular weight is 386 g/mol. The van der Waals surface area contributed by atoms with Crippen LogP contribution in [-0.2, 0) is 17.9 Å². The lowest BCUT2D eigenvalue weighted by molar-refractivity contribution is -0.121. The van der Waals surface area contributed by atoms with Crippen molar-refractivity contribution in [3.05, 3.63) is 88.1 Å². The lowest BCUT2D eigenvalue weighted by atomic mass is 10.0. The molecule has 4 rings (SSSR count). The maximum Gasteiger partial charge on any atom is 0.347 e. The van der Waals surface area contributed by atoms with Crippen LogP contribution in [0.3, 0.4) is 0 Å². The van der Waals surface area contributed by atoms with Crippen LogP contribution in [0.15, 0.2) is 65.7 Å². The first-order chi connectivity index (χ1) is 14.0. The number of amides is 1. The van der Waals surface area contributed by atoms with Crippen LogP contribution in [0, 0.1) is 13.8 Å². The second-order valence-electron chi connectivity index (χ2n) is 7.14. The number of aromatic nitrogens is 3. The molecule has 0 radical (unpaired) electrons. The molecule has 0 spiro atoms. The van der Waals surface area contributed by atoms with E-state index in [0.717, 1.165) is 33.3 Å². The number of hydrogen-bond acceptors (Lipinski definition) is 3. The summed E-state index contributed by atoms with van der Waals surface area (Å²) in [6.07, 6.45) is 2.97. The van der Waals surface area contributed by atoms with Crippen molar-refractivity contribution in [2.75, 3.05) is 0 Å². The van der Waals surface area contributed by atoms with Gasteiger partial charge in [0.2, 0.25) is 5.91 Å². The molecule has 29 heavy (non-hydrogen) atoms. The van der Waals surface area contributed by atoms with E-state index in [1.54, 1.807) is 12.3 Å². The zero-order valence-electron chi connectivity index (χ0n) is 16.4. The highest BCUT2D eigenvalue weighted by Crippen LogP contribution is 2.32. The van der Waals surface area contributed by atoms with Gasteiger partial charge >= 0.3 is 5.69 Å². The van der Waals surface area contributed by atoms with Crippen LogP contribution >= 0.6 is 0 Å². The summed E-state index contributed by atoms with van der Waals surface area (Å²) in [5, 5.41) is 4.07. The highest BCUT2D eigenvalue weighted by atomic mass is 16.2. The van der Waals surface area contributed by atoms with Crippen molar-refractivity contribution in [3.8, 4) is 11.3 Å². The topological polar surface area (TPSA) is 79.8 Å². The molecule has 2 heterocycles. The molecule has 0 atom stereocenters. The summed E-state index contributed by atoms with van der Waals surface area (Å²) in [7, 11) is 0. The molecule has 0 fully saturated rings. The molecule has 0 aliphatic carbocycles. The fourth-order valence-electron chi connectivity index (χ4n) is 3.60. The number of nitrogens with zero attached hydrogens (tertiary/aromatic N) is 2. The number of H-pyrrole nitrogens is 1. The van der Waals surface area contributed by atoms with Gasteiger partial charge in [-0.25, -0.2) is 9.78 Å². The number of nitrogens with one attached hydrogen (secondary N) is 2. The summed E-state index contributed by atoms with van der Waals surface area (Å²) >= 11 is 0. The van der Waals surface area contributed by atoms with Crippen LogP contribution in [0.25, 0.3) is 22.2 Å². The number of benzene rings is 2. The van der Waals surface area contributed by atoms with Crippen molar-refractivity contribution in [3.63, 3.8) is 0 Å². The highest BCUT2D eigenvalue weighted by molar-refractivity contribution is 5.93. The molecular weight excluding hydrogens is 364 g/mol. The van der Waals surface area contributed by atoms with Crippen molar-refractivity contribution >= 4 is 16.8 Å². The van der Waals surface area contributed by atoms with Crippen molar-refractivity contribution in [2.45, 2.75) is 26.9 Å². The van der Waals surface area contributed by atoms with Crippen LogP contribution < -0.4 is 11.0 Å². The number of carbonyl (C=O) groups excluding carboxylic acids is 1. The molecule has 6 heteroatoms. The zero-order chi connectivity index (χ0) is 20.4. The van der Waals surface area contributed by atoms with Gasteiger partial charge in [-0.2, -0.15) is 0 Å². The van der Waals surface area contributed by atoms with Crippen LogP contribution in [-0.4, -0.2) is 20.4 Å². The van der Waals surface area contributed by atoms with Crippen LogP contribution in [0.1, 0.15) is 16.7 Å². The number of fused-ring (bicyclic) bond motifs is 1. The molecule has 0 unspecified atom stereocenters. The Hall–Kier alpha value is -3.67. The molecule has 0 aliphatic rings. The summed E-state index contributed by atoms with van der Waals surface area (Å²) in [6.45, 7) is 4.48. The minimum atomic E-state index is -0.437. The van der Waals surface area contributed by atoms with E-state index in [4.69, 9.17) is 0 Å². The zero-order valence-corrected chi connectivity index (χ0v) is 16.4. The number of rotatable bonds is 5. The van der Waals surface area contributed by atoms with Crippen molar-refractivity contribution in [1.82, 2.24) is 19.9 Å². The lowest BCUT2D eigenvalue weighted by Crippen LogP contribution is -2.32. The van der Waals surface area contributed by atoms with Gasteiger partial charge in [0.1, 0.15) is 6.54 Å². The van der Waals surface area contributed by atoms with Crippen molar-refractivity contribution < 1.29 is 4.79 Å². The highest BCUT2D eigenvalue weighted by Gasteiger charge is 2.14. The van der Waals surface area contributed by atoms with Crippen molar-refractivity contribution in [1.29, 1.82) is 0 Å². The first-order valence-corrected chi connectivity index (χ1v) is 9.48. The molecule has 0 aliphatic heterocycles. The Morgan fingerprint density at radius 2 is 1.93 bits per heavy atom. The second kappa shape index (κ2) is 7.75. The molecule has 2 aromatic carbocycles. The first-order valence-electron chi connectivity index (χ1n) is 9.48. The average Bonchev–Trinajstić information content (AvgIpc) is 3.05. The summed E-state index contributed by atoms with van der Waals surface area (Å²) in [4.78, 5) is 31.2. The molecule has 6 nitrogen and oxygen atoms in total. The normalized spacial score (nSPS) is 11.0. The molecular formula is C23H22N4O2. The summed E-state index contributed by atoms with van der Waals surface area (Å²) < 4.78 is 1.29. The third-order valence-corrected chi connectivity index (χ3v) is 5.03. The van der Waals surface area contributed by atoms with Gasteiger partial charge in [-0.3, -0.25) is 9.36 Å². The Morgan fingerprint density at radius 1 is 1.14 bits per heavy atom. The predicted octanol–water partition coefficient (Wildman–Crippen LogP) is 3.32. The fourth-order valence-corrected chi connectivity index (χ4v) is 3.60.